The molecule has 34 heavy (non-hydrogen) atoms. The molecule has 3 aromatic rings. The van der Waals surface area contributed by atoms with Gasteiger partial charge in [-0.05, 0) is 68.5 Å². The van der Waals surface area contributed by atoms with Crippen LogP contribution < -0.4 is 10.2 Å². The second kappa shape index (κ2) is 10.0. The van der Waals surface area contributed by atoms with E-state index in [1.54, 1.807) is 6.20 Å². The lowest BCUT2D eigenvalue weighted by atomic mass is 10.1. The molecule has 1 N–H and O–H groups in total. The Labute approximate surface area is 199 Å². The predicted octanol–water partition coefficient (Wildman–Crippen LogP) is 4.62. The van der Waals surface area contributed by atoms with Gasteiger partial charge in [-0.2, -0.15) is 0 Å². The topological polar surface area (TPSA) is 78.4 Å². The first kappa shape index (κ1) is 22.1. The van der Waals surface area contributed by atoms with E-state index in [0.717, 1.165) is 44.6 Å². The van der Waals surface area contributed by atoms with Gasteiger partial charge in [0, 0.05) is 48.7 Å². The van der Waals surface area contributed by atoms with Gasteiger partial charge < -0.3 is 15.1 Å². The van der Waals surface area contributed by atoms with Gasteiger partial charge in [0.25, 0.3) is 11.8 Å². The van der Waals surface area contributed by atoms with E-state index in [4.69, 9.17) is 0 Å². The van der Waals surface area contributed by atoms with Gasteiger partial charge in [-0.15, -0.1) is 0 Å². The Bertz CT molecular complexity index is 1170. The average Bonchev–Trinajstić information content (AvgIpc) is 3.44. The van der Waals surface area contributed by atoms with Crippen molar-refractivity contribution in [2.24, 2.45) is 0 Å². The Kier molecular flexibility index (Phi) is 6.51. The normalized spacial score (nSPS) is 15.9. The molecule has 2 saturated heterocycles. The first-order valence-electron chi connectivity index (χ1n) is 12.1. The van der Waals surface area contributed by atoms with Crippen LogP contribution in [0.15, 0.2) is 60.9 Å². The van der Waals surface area contributed by atoms with Crippen molar-refractivity contribution in [2.75, 3.05) is 36.4 Å². The summed E-state index contributed by atoms with van der Waals surface area (Å²) >= 11 is 0. The third kappa shape index (κ3) is 4.93. The van der Waals surface area contributed by atoms with Crippen LogP contribution in [0.5, 0.6) is 0 Å². The van der Waals surface area contributed by atoms with E-state index < -0.39 is 0 Å². The molecular formula is C27H29N5O2. The highest BCUT2D eigenvalue weighted by molar-refractivity contribution is 6.03. The molecule has 3 heterocycles. The molecule has 0 unspecified atom stereocenters. The van der Waals surface area contributed by atoms with Crippen LogP contribution in [0.4, 0.5) is 11.4 Å². The molecule has 0 spiro atoms. The highest BCUT2D eigenvalue weighted by Crippen LogP contribution is 2.23. The Morgan fingerprint density at radius 1 is 0.824 bits per heavy atom. The standard InChI is InChI=1S/C27H29N5O2/c33-26(29-22-9-11-23(12-10-22)31-13-4-5-14-31)25-19-28-18-24(30-25)20-7-6-8-21(17-20)27(34)32-15-2-1-3-16-32/h6-12,17-19H,1-5,13-16H2,(H,29,33). The summed E-state index contributed by atoms with van der Waals surface area (Å²) in [5.41, 5.74) is 4.08. The lowest BCUT2D eigenvalue weighted by Gasteiger charge is -2.26. The summed E-state index contributed by atoms with van der Waals surface area (Å²) in [7, 11) is 0. The number of carbonyl (C=O) groups excluding carboxylic acids is 2. The highest BCUT2D eigenvalue weighted by Gasteiger charge is 2.19. The quantitative estimate of drug-likeness (QED) is 0.607. The molecule has 0 atom stereocenters. The fourth-order valence-corrected chi connectivity index (χ4v) is 4.63. The zero-order valence-corrected chi connectivity index (χ0v) is 19.2. The van der Waals surface area contributed by atoms with Gasteiger partial charge in [0.1, 0.15) is 5.69 Å². The Morgan fingerprint density at radius 3 is 2.32 bits per heavy atom. The number of rotatable bonds is 5. The third-order valence-corrected chi connectivity index (χ3v) is 6.51. The minimum absolute atomic E-state index is 0.0424. The molecule has 2 aromatic carbocycles. The van der Waals surface area contributed by atoms with Crippen LogP contribution >= 0.6 is 0 Å². The molecule has 174 valence electrons. The van der Waals surface area contributed by atoms with Crippen LogP contribution in [-0.4, -0.2) is 52.9 Å². The van der Waals surface area contributed by atoms with Crippen LogP contribution in [0.2, 0.25) is 0 Å². The maximum Gasteiger partial charge on any atom is 0.275 e. The number of hydrogen-bond acceptors (Lipinski definition) is 5. The zero-order chi connectivity index (χ0) is 23.3. The van der Waals surface area contributed by atoms with E-state index >= 15 is 0 Å². The van der Waals surface area contributed by atoms with Gasteiger partial charge in [-0.3, -0.25) is 14.6 Å². The summed E-state index contributed by atoms with van der Waals surface area (Å²) in [6.45, 7) is 3.77. The third-order valence-electron chi connectivity index (χ3n) is 6.51. The summed E-state index contributed by atoms with van der Waals surface area (Å²) in [5.74, 6) is -0.274. The van der Waals surface area contributed by atoms with Crippen molar-refractivity contribution in [1.29, 1.82) is 0 Å². The van der Waals surface area contributed by atoms with Crippen LogP contribution in [0.25, 0.3) is 11.3 Å². The molecule has 0 saturated carbocycles. The monoisotopic (exact) mass is 455 g/mol. The van der Waals surface area contributed by atoms with Crippen molar-refractivity contribution in [3.8, 4) is 11.3 Å². The Hall–Kier alpha value is -3.74. The molecule has 2 amide bonds. The predicted molar refractivity (Wildman–Crippen MR) is 133 cm³/mol. The molecule has 2 aliphatic heterocycles. The van der Waals surface area contributed by atoms with Crippen LogP contribution in [0.1, 0.15) is 53.0 Å². The number of anilines is 2. The summed E-state index contributed by atoms with van der Waals surface area (Å²) in [4.78, 5) is 38.7. The molecule has 5 rings (SSSR count). The molecular weight excluding hydrogens is 426 g/mol. The molecule has 7 heteroatoms. The van der Waals surface area contributed by atoms with Crippen molar-refractivity contribution in [3.05, 3.63) is 72.2 Å². The summed E-state index contributed by atoms with van der Waals surface area (Å²) in [6, 6.07) is 15.3. The van der Waals surface area contributed by atoms with Crippen molar-refractivity contribution >= 4 is 23.2 Å². The minimum atomic E-state index is -0.316. The Morgan fingerprint density at radius 2 is 1.56 bits per heavy atom. The number of amides is 2. The second-order valence-corrected chi connectivity index (χ2v) is 8.92. The fraction of sp³-hybridized carbons (Fsp3) is 0.333. The fourth-order valence-electron chi connectivity index (χ4n) is 4.63. The lowest BCUT2D eigenvalue weighted by molar-refractivity contribution is 0.0724. The van der Waals surface area contributed by atoms with Crippen molar-refractivity contribution in [3.63, 3.8) is 0 Å². The number of aromatic nitrogens is 2. The SMILES string of the molecule is O=C(Nc1ccc(N2CCCC2)cc1)c1cncc(-c2cccc(C(=O)N3CCCCC3)c2)n1. The van der Waals surface area contributed by atoms with E-state index in [9.17, 15) is 9.59 Å². The van der Waals surface area contributed by atoms with Gasteiger partial charge in [0.05, 0.1) is 18.1 Å². The lowest BCUT2D eigenvalue weighted by Crippen LogP contribution is -2.35. The van der Waals surface area contributed by atoms with Crippen molar-refractivity contribution in [2.45, 2.75) is 32.1 Å². The average molecular weight is 456 g/mol. The molecule has 2 fully saturated rings. The number of nitrogens with zero attached hydrogens (tertiary/aromatic N) is 4. The van der Waals surface area contributed by atoms with Crippen LogP contribution in [0, 0.1) is 0 Å². The van der Waals surface area contributed by atoms with Crippen molar-refractivity contribution in [1.82, 2.24) is 14.9 Å². The van der Waals surface area contributed by atoms with E-state index in [1.807, 2.05) is 53.4 Å². The first-order chi connectivity index (χ1) is 16.7. The molecule has 0 bridgehead atoms. The molecule has 1 aromatic heterocycles. The highest BCUT2D eigenvalue weighted by atomic mass is 16.2. The maximum absolute atomic E-state index is 12.9. The number of hydrogen-bond donors (Lipinski definition) is 1. The molecule has 7 nitrogen and oxygen atoms in total. The molecule has 0 aliphatic carbocycles. The van der Waals surface area contributed by atoms with E-state index in [-0.39, 0.29) is 17.5 Å². The summed E-state index contributed by atoms with van der Waals surface area (Å²) in [6.07, 6.45) is 8.80. The Balaban J connectivity index is 1.29. The largest absolute Gasteiger partial charge is 0.372 e. The van der Waals surface area contributed by atoms with E-state index in [0.29, 0.717) is 16.9 Å². The second-order valence-electron chi connectivity index (χ2n) is 8.92. The summed E-state index contributed by atoms with van der Waals surface area (Å²) < 4.78 is 0. The molecule has 0 radical (unpaired) electrons. The van der Waals surface area contributed by atoms with Gasteiger partial charge in [0.2, 0.25) is 0 Å². The van der Waals surface area contributed by atoms with Crippen LogP contribution in [0.3, 0.4) is 0 Å². The van der Waals surface area contributed by atoms with Gasteiger partial charge in [-0.1, -0.05) is 12.1 Å². The zero-order valence-electron chi connectivity index (χ0n) is 19.2. The maximum atomic E-state index is 12.9. The van der Waals surface area contributed by atoms with Crippen LogP contribution in [-0.2, 0) is 0 Å². The minimum Gasteiger partial charge on any atom is -0.372 e. The van der Waals surface area contributed by atoms with Gasteiger partial charge in [0.15, 0.2) is 0 Å². The van der Waals surface area contributed by atoms with E-state index in [2.05, 4.69) is 20.2 Å². The van der Waals surface area contributed by atoms with Gasteiger partial charge >= 0.3 is 0 Å². The number of benzene rings is 2. The van der Waals surface area contributed by atoms with Crippen molar-refractivity contribution < 1.29 is 9.59 Å². The van der Waals surface area contributed by atoms with Gasteiger partial charge in [-0.25, -0.2) is 4.98 Å². The number of carbonyl (C=O) groups is 2. The summed E-state index contributed by atoms with van der Waals surface area (Å²) in [5, 5.41) is 2.91. The number of nitrogens with one attached hydrogen (secondary N) is 1. The first-order valence-corrected chi connectivity index (χ1v) is 12.1. The van der Waals surface area contributed by atoms with E-state index in [1.165, 1.54) is 31.1 Å². The smallest absolute Gasteiger partial charge is 0.275 e. The number of piperidine rings is 1. The molecule has 2 aliphatic rings. The number of likely N-dealkylation sites (tertiary alicyclic amines) is 1.